The van der Waals surface area contributed by atoms with Crippen LogP contribution in [-0.2, 0) is 6.42 Å². The Morgan fingerprint density at radius 3 is 2.22 bits per heavy atom. The Balaban J connectivity index is 0.00000261. The van der Waals surface area contributed by atoms with E-state index in [2.05, 4.69) is 4.90 Å². The first kappa shape index (κ1) is 20.9. The molecule has 1 fully saturated rings. The van der Waals surface area contributed by atoms with Gasteiger partial charge < -0.3 is 9.64 Å². The average Bonchev–Trinajstić information content (AvgIpc) is 2.68. The van der Waals surface area contributed by atoms with Crippen molar-refractivity contribution >= 4 is 24.1 Å². The lowest BCUT2D eigenvalue weighted by atomic mass is 10.1. The molecule has 6 nitrogen and oxygen atoms in total. The lowest BCUT2D eigenvalue weighted by molar-refractivity contribution is -0.384. The Labute approximate surface area is 164 Å². The molecule has 0 saturated carbocycles. The van der Waals surface area contributed by atoms with Crippen LogP contribution < -0.4 is 4.74 Å². The number of ether oxygens (including phenoxy) is 1. The van der Waals surface area contributed by atoms with E-state index in [0.29, 0.717) is 5.75 Å². The van der Waals surface area contributed by atoms with Crippen LogP contribution >= 0.6 is 12.4 Å². The number of piperidine rings is 1. The first-order valence-corrected chi connectivity index (χ1v) is 8.90. The van der Waals surface area contributed by atoms with Gasteiger partial charge in [-0.25, -0.2) is 4.79 Å². The topological polar surface area (TPSA) is 72.7 Å². The molecule has 0 bridgehead atoms. The molecule has 1 aliphatic rings. The maximum atomic E-state index is 12.1. The van der Waals surface area contributed by atoms with Crippen LogP contribution in [0, 0.1) is 10.1 Å². The van der Waals surface area contributed by atoms with E-state index >= 15 is 0 Å². The Bertz CT molecular complexity index is 757. The van der Waals surface area contributed by atoms with Crippen LogP contribution in [0.15, 0.2) is 48.5 Å². The molecule has 27 heavy (non-hydrogen) atoms. The van der Waals surface area contributed by atoms with Gasteiger partial charge in [0.25, 0.3) is 5.69 Å². The lowest BCUT2D eigenvalue weighted by Gasteiger charge is -2.26. The first-order chi connectivity index (χ1) is 12.6. The molecular formula is C20H23ClN2O4. The molecule has 0 radical (unpaired) electrons. The average molecular weight is 391 g/mol. The number of rotatable bonds is 6. The molecule has 0 spiro atoms. The predicted octanol–water partition coefficient (Wildman–Crippen LogP) is 4.26. The third-order valence-electron chi connectivity index (χ3n) is 4.61. The summed E-state index contributed by atoms with van der Waals surface area (Å²) in [5.74, 6) is -0.0592. The predicted molar refractivity (Wildman–Crippen MR) is 106 cm³/mol. The molecule has 0 N–H and O–H groups in total. The van der Waals surface area contributed by atoms with Gasteiger partial charge in [-0.05, 0) is 62.2 Å². The normalized spacial score (nSPS) is 14.2. The van der Waals surface area contributed by atoms with Gasteiger partial charge in [-0.1, -0.05) is 18.6 Å². The number of nitrogens with zero attached hydrogens (tertiary/aromatic N) is 2. The van der Waals surface area contributed by atoms with Gasteiger partial charge in [-0.15, -0.1) is 12.4 Å². The number of hydrogen-bond acceptors (Lipinski definition) is 5. The van der Waals surface area contributed by atoms with Crippen LogP contribution in [0.1, 0.15) is 35.2 Å². The van der Waals surface area contributed by atoms with Crippen molar-refractivity contribution in [1.82, 2.24) is 4.90 Å². The third kappa shape index (κ3) is 6.05. The summed E-state index contributed by atoms with van der Waals surface area (Å²) in [7, 11) is 0. The highest BCUT2D eigenvalue weighted by molar-refractivity contribution is 5.91. The fraction of sp³-hybridized carbons (Fsp3) is 0.350. The summed E-state index contributed by atoms with van der Waals surface area (Å²) in [4.78, 5) is 24.7. The van der Waals surface area contributed by atoms with Crippen molar-refractivity contribution in [1.29, 1.82) is 0 Å². The maximum absolute atomic E-state index is 12.1. The number of carbonyl (C=O) groups excluding carboxylic acids is 1. The fourth-order valence-corrected chi connectivity index (χ4v) is 3.08. The molecular weight excluding hydrogens is 368 g/mol. The SMILES string of the molecule is Cl.O=C(Oc1ccc(CCN2CCCCC2)cc1)c1ccc([N+](=O)[O-])cc1. The van der Waals surface area contributed by atoms with Gasteiger partial charge in [0.05, 0.1) is 10.5 Å². The van der Waals surface area contributed by atoms with Crippen LogP contribution in [0.25, 0.3) is 0 Å². The number of non-ortho nitro benzene ring substituents is 1. The van der Waals surface area contributed by atoms with Gasteiger partial charge in [0.15, 0.2) is 0 Å². The molecule has 144 valence electrons. The number of carbonyl (C=O) groups is 1. The molecule has 1 aliphatic heterocycles. The van der Waals surface area contributed by atoms with Crippen molar-refractivity contribution in [2.24, 2.45) is 0 Å². The maximum Gasteiger partial charge on any atom is 0.343 e. The standard InChI is InChI=1S/C20H22N2O4.ClH/c23-20(17-6-8-18(9-7-17)22(24)25)26-19-10-4-16(5-11-19)12-15-21-13-2-1-3-14-21;/h4-11H,1-3,12-15H2;1H. The van der Waals surface area contributed by atoms with Crippen molar-refractivity contribution in [3.63, 3.8) is 0 Å². The van der Waals surface area contributed by atoms with Crippen LogP contribution in [0.3, 0.4) is 0 Å². The van der Waals surface area contributed by atoms with Crippen molar-refractivity contribution < 1.29 is 14.5 Å². The number of hydrogen-bond donors (Lipinski definition) is 0. The number of likely N-dealkylation sites (tertiary alicyclic amines) is 1. The Morgan fingerprint density at radius 2 is 1.63 bits per heavy atom. The van der Waals surface area contributed by atoms with Gasteiger partial charge in [-0.2, -0.15) is 0 Å². The van der Waals surface area contributed by atoms with Crippen molar-refractivity contribution in [3.05, 3.63) is 69.8 Å². The summed E-state index contributed by atoms with van der Waals surface area (Å²) in [6, 6.07) is 12.9. The summed E-state index contributed by atoms with van der Waals surface area (Å²) < 4.78 is 5.33. The molecule has 7 heteroatoms. The molecule has 0 amide bonds. The zero-order valence-electron chi connectivity index (χ0n) is 15.0. The highest BCUT2D eigenvalue weighted by atomic mass is 35.5. The smallest absolute Gasteiger partial charge is 0.343 e. The number of esters is 1. The number of halogens is 1. The molecule has 0 aliphatic carbocycles. The van der Waals surface area contributed by atoms with Crippen molar-refractivity contribution in [2.45, 2.75) is 25.7 Å². The molecule has 1 heterocycles. The number of nitro groups is 1. The largest absolute Gasteiger partial charge is 0.423 e. The summed E-state index contributed by atoms with van der Waals surface area (Å²) in [6.45, 7) is 3.43. The molecule has 2 aromatic rings. The lowest BCUT2D eigenvalue weighted by Crippen LogP contribution is -2.31. The van der Waals surface area contributed by atoms with E-state index in [0.717, 1.165) is 13.0 Å². The van der Waals surface area contributed by atoms with Gasteiger partial charge in [-0.3, -0.25) is 10.1 Å². The second kappa shape index (κ2) is 10.0. The van der Waals surface area contributed by atoms with Crippen LogP contribution in [-0.4, -0.2) is 35.4 Å². The molecule has 0 aromatic heterocycles. The molecule has 2 aromatic carbocycles. The summed E-state index contributed by atoms with van der Waals surface area (Å²) >= 11 is 0. The zero-order chi connectivity index (χ0) is 18.4. The molecule has 0 unspecified atom stereocenters. The van der Waals surface area contributed by atoms with Crippen molar-refractivity contribution in [2.75, 3.05) is 19.6 Å². The van der Waals surface area contributed by atoms with Crippen LogP contribution in [0.4, 0.5) is 5.69 Å². The number of benzene rings is 2. The van der Waals surface area contributed by atoms with Gasteiger partial charge in [0.1, 0.15) is 5.75 Å². The van der Waals surface area contributed by atoms with Gasteiger partial charge in [0.2, 0.25) is 0 Å². The second-order valence-corrected chi connectivity index (χ2v) is 6.49. The van der Waals surface area contributed by atoms with Crippen molar-refractivity contribution in [3.8, 4) is 5.75 Å². The van der Waals surface area contributed by atoms with E-state index in [1.807, 2.05) is 12.1 Å². The van der Waals surface area contributed by atoms with E-state index in [1.54, 1.807) is 12.1 Å². The summed E-state index contributed by atoms with van der Waals surface area (Å²) in [6.07, 6.45) is 4.90. The fourth-order valence-electron chi connectivity index (χ4n) is 3.08. The monoisotopic (exact) mass is 390 g/mol. The zero-order valence-corrected chi connectivity index (χ0v) is 15.8. The van der Waals surface area contributed by atoms with Gasteiger partial charge in [0, 0.05) is 18.7 Å². The molecule has 3 rings (SSSR count). The van der Waals surface area contributed by atoms with E-state index in [1.165, 1.54) is 62.2 Å². The summed E-state index contributed by atoms with van der Waals surface area (Å²) in [5.41, 5.74) is 1.44. The second-order valence-electron chi connectivity index (χ2n) is 6.49. The minimum atomic E-state index is -0.527. The Morgan fingerprint density at radius 1 is 1.00 bits per heavy atom. The third-order valence-corrected chi connectivity index (χ3v) is 4.61. The van der Waals surface area contributed by atoms with E-state index in [4.69, 9.17) is 4.74 Å². The van der Waals surface area contributed by atoms with E-state index in [9.17, 15) is 14.9 Å². The Hall–Kier alpha value is -2.44. The highest BCUT2D eigenvalue weighted by Gasteiger charge is 2.12. The van der Waals surface area contributed by atoms with E-state index in [-0.39, 0.29) is 23.7 Å². The summed E-state index contributed by atoms with van der Waals surface area (Å²) in [5, 5.41) is 10.6. The highest BCUT2D eigenvalue weighted by Crippen LogP contribution is 2.17. The van der Waals surface area contributed by atoms with Gasteiger partial charge >= 0.3 is 5.97 Å². The van der Waals surface area contributed by atoms with E-state index < -0.39 is 10.9 Å². The molecule has 0 atom stereocenters. The quantitative estimate of drug-likeness (QED) is 0.319. The minimum Gasteiger partial charge on any atom is -0.423 e. The Kier molecular flexibility index (Phi) is 7.76. The minimum absolute atomic E-state index is 0. The first-order valence-electron chi connectivity index (χ1n) is 8.90. The van der Waals surface area contributed by atoms with Crippen LogP contribution in [0.5, 0.6) is 5.75 Å². The van der Waals surface area contributed by atoms with Crippen LogP contribution in [0.2, 0.25) is 0 Å². The number of nitro benzene ring substituents is 1. The molecule has 1 saturated heterocycles.